The molecule has 0 spiro atoms. The van der Waals surface area contributed by atoms with Crippen LogP contribution in [0.5, 0.6) is 0 Å². The fourth-order valence-corrected chi connectivity index (χ4v) is 4.89. The molecular formula is C21H29N3O3S. The maximum absolute atomic E-state index is 13.1. The van der Waals surface area contributed by atoms with E-state index in [1.54, 1.807) is 21.6 Å². The van der Waals surface area contributed by atoms with Crippen molar-refractivity contribution >= 4 is 29.5 Å². The van der Waals surface area contributed by atoms with Gasteiger partial charge in [-0.15, -0.1) is 11.8 Å². The van der Waals surface area contributed by atoms with Crippen LogP contribution in [0, 0.1) is 5.92 Å². The Kier molecular flexibility index (Phi) is 6.03. The maximum Gasteiger partial charge on any atom is 0.255 e. The molecule has 2 aliphatic rings. The molecule has 3 amide bonds. The van der Waals surface area contributed by atoms with Crippen LogP contribution in [0.3, 0.4) is 0 Å². The number of rotatable bonds is 3. The summed E-state index contributed by atoms with van der Waals surface area (Å²) in [5.74, 6) is 0.250. The minimum Gasteiger partial charge on any atom is -0.369 e. The first-order valence-corrected chi connectivity index (χ1v) is 10.9. The molecule has 2 heterocycles. The largest absolute Gasteiger partial charge is 0.369 e. The number of hydrogen-bond acceptors (Lipinski definition) is 4. The summed E-state index contributed by atoms with van der Waals surface area (Å²) in [5, 5.41) is 0. The van der Waals surface area contributed by atoms with Gasteiger partial charge in [-0.1, -0.05) is 32.9 Å². The van der Waals surface area contributed by atoms with E-state index in [1.165, 1.54) is 5.56 Å². The Bertz CT molecular complexity index is 757. The Labute approximate surface area is 170 Å². The highest BCUT2D eigenvalue weighted by Crippen LogP contribution is 2.28. The lowest BCUT2D eigenvalue weighted by molar-refractivity contribution is -0.138. The van der Waals surface area contributed by atoms with Crippen molar-refractivity contribution in [1.82, 2.24) is 9.80 Å². The summed E-state index contributed by atoms with van der Waals surface area (Å²) < 4.78 is 0. The van der Waals surface area contributed by atoms with E-state index in [4.69, 9.17) is 5.73 Å². The molecule has 2 saturated heterocycles. The maximum atomic E-state index is 13.1. The number of carbonyl (C=O) groups excluding carboxylic acids is 3. The van der Waals surface area contributed by atoms with Crippen molar-refractivity contribution < 1.29 is 14.4 Å². The molecule has 7 heteroatoms. The minimum atomic E-state index is -0.480. The van der Waals surface area contributed by atoms with Gasteiger partial charge < -0.3 is 15.5 Å². The Hall–Kier alpha value is -2.02. The zero-order chi connectivity index (χ0) is 20.5. The summed E-state index contributed by atoms with van der Waals surface area (Å²) in [6.45, 7) is 7.37. The van der Waals surface area contributed by atoms with Gasteiger partial charge >= 0.3 is 0 Å². The Balaban J connectivity index is 1.72. The summed E-state index contributed by atoms with van der Waals surface area (Å²) in [6.07, 6.45) is 1.49. The van der Waals surface area contributed by atoms with Crippen molar-refractivity contribution in [3.8, 4) is 0 Å². The van der Waals surface area contributed by atoms with Gasteiger partial charge in [0.1, 0.15) is 6.04 Å². The minimum absolute atomic E-state index is 0.0226. The van der Waals surface area contributed by atoms with E-state index in [0.29, 0.717) is 30.3 Å². The van der Waals surface area contributed by atoms with Crippen molar-refractivity contribution in [2.45, 2.75) is 45.1 Å². The van der Waals surface area contributed by atoms with Crippen molar-refractivity contribution in [3.05, 3.63) is 35.4 Å². The highest BCUT2D eigenvalue weighted by Gasteiger charge is 2.39. The standard InChI is InChI=1S/C21H29N3O3S/c1-21(2,3)16-8-6-14(7-9-16)19(26)24-13-28-12-17(24)20(27)23-10-4-5-15(11-23)18(22)25/h6-9,15,17H,4-5,10-13H2,1-3H3,(H2,22,25)/t15-,17-/m1/s1. The second-order valence-corrected chi connectivity index (χ2v) is 9.64. The Morgan fingerprint density at radius 2 is 1.82 bits per heavy atom. The average molecular weight is 404 g/mol. The third-order valence-corrected chi connectivity index (χ3v) is 6.57. The molecule has 1 aromatic carbocycles. The number of benzene rings is 1. The van der Waals surface area contributed by atoms with Crippen LogP contribution >= 0.6 is 11.8 Å². The fraction of sp³-hybridized carbons (Fsp3) is 0.571. The molecule has 0 bridgehead atoms. The van der Waals surface area contributed by atoms with Crippen LogP contribution in [0.15, 0.2) is 24.3 Å². The normalized spacial score (nSPS) is 23.0. The molecule has 0 aromatic heterocycles. The third-order valence-electron chi connectivity index (χ3n) is 5.56. The lowest BCUT2D eigenvalue weighted by Crippen LogP contribution is -2.52. The Morgan fingerprint density at radius 1 is 1.14 bits per heavy atom. The van der Waals surface area contributed by atoms with Gasteiger partial charge in [0, 0.05) is 24.4 Å². The predicted molar refractivity (Wildman–Crippen MR) is 111 cm³/mol. The van der Waals surface area contributed by atoms with Gasteiger partial charge in [0.05, 0.1) is 11.8 Å². The number of amides is 3. The fourth-order valence-electron chi connectivity index (χ4n) is 3.75. The smallest absolute Gasteiger partial charge is 0.255 e. The number of piperidine rings is 1. The summed E-state index contributed by atoms with van der Waals surface area (Å²) >= 11 is 1.59. The van der Waals surface area contributed by atoms with Crippen LogP contribution in [0.4, 0.5) is 0 Å². The first-order chi connectivity index (χ1) is 13.2. The van der Waals surface area contributed by atoms with E-state index >= 15 is 0 Å². The number of thioether (sulfide) groups is 1. The van der Waals surface area contributed by atoms with Crippen molar-refractivity contribution in [1.29, 1.82) is 0 Å². The van der Waals surface area contributed by atoms with Gasteiger partial charge in [-0.3, -0.25) is 14.4 Å². The van der Waals surface area contributed by atoms with Crippen LogP contribution in [0.1, 0.15) is 49.5 Å². The molecule has 152 valence electrons. The van der Waals surface area contributed by atoms with Crippen LogP contribution < -0.4 is 5.73 Å². The molecule has 1 aromatic rings. The average Bonchev–Trinajstić information content (AvgIpc) is 3.16. The zero-order valence-electron chi connectivity index (χ0n) is 16.8. The second-order valence-electron chi connectivity index (χ2n) is 8.64. The number of hydrogen-bond donors (Lipinski definition) is 1. The highest BCUT2D eigenvalue weighted by molar-refractivity contribution is 7.99. The molecule has 6 nitrogen and oxygen atoms in total. The first kappa shape index (κ1) is 20.7. The van der Waals surface area contributed by atoms with Crippen molar-refractivity contribution in [3.63, 3.8) is 0 Å². The molecule has 28 heavy (non-hydrogen) atoms. The van der Waals surface area contributed by atoms with E-state index in [2.05, 4.69) is 20.8 Å². The molecular weight excluding hydrogens is 374 g/mol. The third kappa shape index (κ3) is 4.35. The quantitative estimate of drug-likeness (QED) is 0.839. The van der Waals surface area contributed by atoms with E-state index < -0.39 is 6.04 Å². The Morgan fingerprint density at radius 3 is 2.43 bits per heavy atom. The summed E-state index contributed by atoms with van der Waals surface area (Å²) in [7, 11) is 0. The lowest BCUT2D eigenvalue weighted by atomic mass is 9.86. The monoisotopic (exact) mass is 403 g/mol. The molecule has 0 unspecified atom stereocenters. The van der Waals surface area contributed by atoms with Crippen molar-refractivity contribution in [2.24, 2.45) is 11.7 Å². The van der Waals surface area contributed by atoms with E-state index in [9.17, 15) is 14.4 Å². The van der Waals surface area contributed by atoms with E-state index in [-0.39, 0.29) is 29.1 Å². The van der Waals surface area contributed by atoms with Crippen molar-refractivity contribution in [2.75, 3.05) is 24.7 Å². The number of nitrogens with zero attached hydrogens (tertiary/aromatic N) is 2. The van der Waals surface area contributed by atoms with Gasteiger partial charge in [-0.2, -0.15) is 0 Å². The van der Waals surface area contributed by atoms with Gasteiger partial charge in [0.25, 0.3) is 5.91 Å². The van der Waals surface area contributed by atoms with Crippen LogP contribution in [0.2, 0.25) is 0 Å². The number of carbonyl (C=O) groups is 3. The molecule has 0 aliphatic carbocycles. The molecule has 2 N–H and O–H groups in total. The van der Waals surface area contributed by atoms with Crippen LogP contribution in [-0.2, 0) is 15.0 Å². The van der Waals surface area contributed by atoms with Gasteiger partial charge in [0.2, 0.25) is 11.8 Å². The summed E-state index contributed by atoms with van der Waals surface area (Å²) in [6, 6.07) is 7.17. The van der Waals surface area contributed by atoms with Gasteiger partial charge in [0.15, 0.2) is 0 Å². The molecule has 2 fully saturated rings. The predicted octanol–water partition coefficient (Wildman–Crippen LogP) is 2.22. The highest BCUT2D eigenvalue weighted by atomic mass is 32.2. The zero-order valence-corrected chi connectivity index (χ0v) is 17.6. The van der Waals surface area contributed by atoms with E-state index in [0.717, 1.165) is 12.8 Å². The second kappa shape index (κ2) is 8.15. The van der Waals surface area contributed by atoms with Crippen LogP contribution in [0.25, 0.3) is 0 Å². The van der Waals surface area contributed by atoms with E-state index in [1.807, 2.05) is 24.3 Å². The molecule has 0 radical (unpaired) electrons. The molecule has 0 saturated carbocycles. The van der Waals surface area contributed by atoms with Gasteiger partial charge in [-0.05, 0) is 36.0 Å². The number of nitrogens with two attached hydrogens (primary N) is 1. The summed E-state index contributed by atoms with van der Waals surface area (Å²) in [5.41, 5.74) is 7.22. The van der Waals surface area contributed by atoms with Gasteiger partial charge in [-0.25, -0.2) is 0 Å². The first-order valence-electron chi connectivity index (χ1n) is 9.76. The summed E-state index contributed by atoms with van der Waals surface area (Å²) in [4.78, 5) is 41.0. The molecule has 2 aliphatic heterocycles. The number of primary amides is 1. The SMILES string of the molecule is CC(C)(C)c1ccc(C(=O)N2CSC[C@@H]2C(=O)N2CCC[C@@H](C(N)=O)C2)cc1. The van der Waals surface area contributed by atoms with Crippen LogP contribution in [-0.4, -0.2) is 58.3 Å². The topological polar surface area (TPSA) is 83.7 Å². The molecule has 3 rings (SSSR count). The molecule has 2 atom stereocenters. The lowest BCUT2D eigenvalue weighted by Gasteiger charge is -2.35. The number of likely N-dealkylation sites (tertiary alicyclic amines) is 1.